The van der Waals surface area contributed by atoms with Crippen molar-refractivity contribution in [3.63, 3.8) is 0 Å². The summed E-state index contributed by atoms with van der Waals surface area (Å²) < 4.78 is 5.72. The molecule has 5 nitrogen and oxygen atoms in total. The quantitative estimate of drug-likeness (QED) is 0.333. The highest BCUT2D eigenvalue weighted by molar-refractivity contribution is 6.31. The Hall–Kier alpha value is -3.31. The minimum atomic E-state index is -0.253. The van der Waals surface area contributed by atoms with Crippen LogP contribution in [0, 0.1) is 0 Å². The van der Waals surface area contributed by atoms with E-state index >= 15 is 0 Å². The molecule has 32 heavy (non-hydrogen) atoms. The molecule has 0 aliphatic heterocycles. The Labute approximate surface area is 193 Å². The summed E-state index contributed by atoms with van der Waals surface area (Å²) in [6.45, 7) is 2.87. The number of hydrogen-bond acceptors (Lipinski definition) is 3. The molecule has 0 saturated heterocycles. The molecule has 0 aromatic heterocycles. The van der Waals surface area contributed by atoms with Crippen molar-refractivity contribution in [2.75, 3.05) is 17.2 Å². The first-order chi connectivity index (χ1) is 15.5. The Morgan fingerprint density at radius 3 is 2.00 bits per heavy atom. The first-order valence-electron chi connectivity index (χ1n) is 10.8. The normalized spacial score (nSPS) is 10.4. The van der Waals surface area contributed by atoms with Gasteiger partial charge in [-0.15, -0.1) is 0 Å². The molecule has 6 heteroatoms. The van der Waals surface area contributed by atoms with Crippen LogP contribution in [0.1, 0.15) is 53.3 Å². The topological polar surface area (TPSA) is 67.4 Å². The molecule has 0 bridgehead atoms. The summed E-state index contributed by atoms with van der Waals surface area (Å²) in [5.41, 5.74) is 2.27. The largest absolute Gasteiger partial charge is 0.494 e. The lowest BCUT2D eigenvalue weighted by molar-refractivity contribution is 0.101. The van der Waals surface area contributed by atoms with Crippen molar-refractivity contribution in [1.82, 2.24) is 0 Å². The Morgan fingerprint density at radius 1 is 0.781 bits per heavy atom. The van der Waals surface area contributed by atoms with Crippen LogP contribution in [0.15, 0.2) is 72.8 Å². The van der Waals surface area contributed by atoms with Gasteiger partial charge < -0.3 is 15.4 Å². The number of rotatable bonds is 10. The van der Waals surface area contributed by atoms with Crippen molar-refractivity contribution in [3.8, 4) is 5.75 Å². The van der Waals surface area contributed by atoms with Crippen LogP contribution in [0.25, 0.3) is 0 Å². The van der Waals surface area contributed by atoms with Gasteiger partial charge in [0.25, 0.3) is 11.8 Å². The van der Waals surface area contributed by atoms with E-state index in [0.29, 0.717) is 34.1 Å². The lowest BCUT2D eigenvalue weighted by atomic mass is 10.2. The van der Waals surface area contributed by atoms with Crippen LogP contribution in [0.3, 0.4) is 0 Å². The number of hydrogen-bond donors (Lipinski definition) is 2. The number of carbonyl (C=O) groups is 2. The predicted molar refractivity (Wildman–Crippen MR) is 130 cm³/mol. The average molecular weight is 451 g/mol. The van der Waals surface area contributed by atoms with Gasteiger partial charge in [-0.1, -0.05) is 43.9 Å². The maximum atomic E-state index is 12.5. The molecule has 2 amide bonds. The molecule has 0 spiro atoms. The summed E-state index contributed by atoms with van der Waals surface area (Å²) >= 11 is 5.93. The summed E-state index contributed by atoms with van der Waals surface area (Å²) in [4.78, 5) is 24.8. The molecule has 0 unspecified atom stereocenters. The zero-order chi connectivity index (χ0) is 22.8. The Balaban J connectivity index is 1.50. The Bertz CT molecular complexity index is 1030. The van der Waals surface area contributed by atoms with Crippen molar-refractivity contribution in [1.29, 1.82) is 0 Å². The van der Waals surface area contributed by atoms with Crippen molar-refractivity contribution in [2.24, 2.45) is 0 Å². The zero-order valence-electron chi connectivity index (χ0n) is 18.1. The smallest absolute Gasteiger partial charge is 0.255 e. The molecule has 0 heterocycles. The van der Waals surface area contributed by atoms with E-state index in [2.05, 4.69) is 17.6 Å². The summed E-state index contributed by atoms with van der Waals surface area (Å²) in [7, 11) is 0. The predicted octanol–water partition coefficient (Wildman–Crippen LogP) is 6.80. The highest BCUT2D eigenvalue weighted by Crippen LogP contribution is 2.18. The Kier molecular flexibility index (Phi) is 8.70. The highest BCUT2D eigenvalue weighted by Gasteiger charge is 2.09. The molecular weight excluding hydrogens is 424 g/mol. The molecule has 0 aliphatic carbocycles. The van der Waals surface area contributed by atoms with E-state index in [1.54, 1.807) is 60.7 Å². The van der Waals surface area contributed by atoms with Gasteiger partial charge in [-0.3, -0.25) is 9.59 Å². The molecule has 3 rings (SSSR count). The van der Waals surface area contributed by atoms with E-state index in [9.17, 15) is 9.59 Å². The molecule has 0 fully saturated rings. The monoisotopic (exact) mass is 450 g/mol. The average Bonchev–Trinajstić information content (AvgIpc) is 2.80. The highest BCUT2D eigenvalue weighted by atomic mass is 35.5. The van der Waals surface area contributed by atoms with Gasteiger partial charge in [-0.2, -0.15) is 0 Å². The fourth-order valence-electron chi connectivity index (χ4n) is 3.09. The minimum absolute atomic E-state index is 0.213. The maximum Gasteiger partial charge on any atom is 0.255 e. The van der Waals surface area contributed by atoms with Crippen LogP contribution in [0.5, 0.6) is 5.75 Å². The SMILES string of the molecule is CCCCCCOc1ccc(C(=O)Nc2ccc(NC(=O)c3cccc(Cl)c3)cc2)cc1. The third-order valence-electron chi connectivity index (χ3n) is 4.87. The number of ether oxygens (including phenoxy) is 1. The van der Waals surface area contributed by atoms with E-state index in [1.807, 2.05) is 12.1 Å². The number of nitrogens with one attached hydrogen (secondary N) is 2. The molecule has 0 atom stereocenters. The summed E-state index contributed by atoms with van der Waals surface area (Å²) in [5, 5.41) is 6.16. The van der Waals surface area contributed by atoms with Crippen molar-refractivity contribution in [2.45, 2.75) is 32.6 Å². The van der Waals surface area contributed by atoms with Crippen LogP contribution >= 0.6 is 11.6 Å². The van der Waals surface area contributed by atoms with Crippen molar-refractivity contribution >= 4 is 34.8 Å². The van der Waals surface area contributed by atoms with Crippen molar-refractivity contribution in [3.05, 3.63) is 88.9 Å². The second kappa shape index (κ2) is 11.9. The van der Waals surface area contributed by atoms with E-state index in [0.717, 1.165) is 12.2 Å². The fourth-order valence-corrected chi connectivity index (χ4v) is 3.28. The number of anilines is 2. The molecule has 2 N–H and O–H groups in total. The number of unbranched alkanes of at least 4 members (excludes halogenated alkanes) is 3. The van der Waals surface area contributed by atoms with Crippen molar-refractivity contribution < 1.29 is 14.3 Å². The van der Waals surface area contributed by atoms with Gasteiger partial charge in [-0.25, -0.2) is 0 Å². The van der Waals surface area contributed by atoms with Gasteiger partial charge in [0.05, 0.1) is 6.61 Å². The third-order valence-corrected chi connectivity index (χ3v) is 5.11. The minimum Gasteiger partial charge on any atom is -0.494 e. The summed E-state index contributed by atoms with van der Waals surface area (Å²) in [6, 6.07) is 20.8. The molecule has 0 aliphatic rings. The number of halogens is 1. The summed E-state index contributed by atoms with van der Waals surface area (Å²) in [6.07, 6.45) is 4.62. The molecule has 0 radical (unpaired) electrons. The lowest BCUT2D eigenvalue weighted by Crippen LogP contribution is -2.13. The van der Waals surface area contributed by atoms with E-state index in [4.69, 9.17) is 16.3 Å². The zero-order valence-corrected chi connectivity index (χ0v) is 18.8. The molecular formula is C26H27ClN2O3. The van der Waals surface area contributed by atoms with E-state index in [-0.39, 0.29) is 11.8 Å². The van der Waals surface area contributed by atoms with Gasteiger partial charge in [0.2, 0.25) is 0 Å². The molecule has 166 valence electrons. The number of amides is 2. The molecule has 0 saturated carbocycles. The first kappa shape index (κ1) is 23.4. The standard InChI is InChI=1S/C26H27ClN2O3/c1-2-3-4-5-17-32-24-15-9-19(10-16-24)25(30)28-22-11-13-23(14-12-22)29-26(31)20-7-6-8-21(27)18-20/h6-16,18H,2-5,17H2,1H3,(H,28,30)(H,29,31). The number of benzene rings is 3. The fraction of sp³-hybridized carbons (Fsp3) is 0.231. The van der Waals surface area contributed by atoms with Gasteiger partial charge in [0.1, 0.15) is 5.75 Å². The second-order valence-corrected chi connectivity index (χ2v) is 7.87. The summed E-state index contributed by atoms with van der Waals surface area (Å²) in [5.74, 6) is 0.296. The first-order valence-corrected chi connectivity index (χ1v) is 11.1. The van der Waals surface area contributed by atoms with Crippen LogP contribution in [0.4, 0.5) is 11.4 Å². The van der Waals surface area contributed by atoms with Gasteiger partial charge in [0.15, 0.2) is 0 Å². The number of carbonyl (C=O) groups excluding carboxylic acids is 2. The van der Waals surface area contributed by atoms with Crippen LogP contribution in [0.2, 0.25) is 5.02 Å². The second-order valence-electron chi connectivity index (χ2n) is 7.43. The molecule has 3 aromatic carbocycles. The van der Waals surface area contributed by atoms with E-state index < -0.39 is 0 Å². The van der Waals surface area contributed by atoms with Gasteiger partial charge >= 0.3 is 0 Å². The maximum absolute atomic E-state index is 12.5. The Morgan fingerprint density at radius 2 is 1.41 bits per heavy atom. The molecule has 3 aromatic rings. The van der Waals surface area contributed by atoms with Gasteiger partial charge in [0, 0.05) is 27.5 Å². The van der Waals surface area contributed by atoms with Crippen LogP contribution in [-0.4, -0.2) is 18.4 Å². The third kappa shape index (κ3) is 7.13. The van der Waals surface area contributed by atoms with Gasteiger partial charge in [-0.05, 0) is 73.2 Å². The lowest BCUT2D eigenvalue weighted by Gasteiger charge is -2.09. The van der Waals surface area contributed by atoms with Crippen LogP contribution in [-0.2, 0) is 0 Å². The van der Waals surface area contributed by atoms with E-state index in [1.165, 1.54) is 19.3 Å². The van der Waals surface area contributed by atoms with Crippen LogP contribution < -0.4 is 15.4 Å².